The maximum Gasteiger partial charge on any atom is 0.255 e. The first-order valence-corrected chi connectivity index (χ1v) is 8.39. The molecule has 0 aliphatic carbocycles. The smallest absolute Gasteiger partial charge is 0.255 e. The lowest BCUT2D eigenvalue weighted by Gasteiger charge is -2.19. The van der Waals surface area contributed by atoms with Crippen LogP contribution in [0.4, 0.5) is 5.82 Å². The van der Waals surface area contributed by atoms with Crippen molar-refractivity contribution in [3.8, 4) is 0 Å². The fourth-order valence-electron chi connectivity index (χ4n) is 2.40. The molecule has 0 fully saturated rings. The Labute approximate surface area is 138 Å². The van der Waals surface area contributed by atoms with Crippen LogP contribution >= 0.6 is 23.4 Å². The molecule has 0 radical (unpaired) electrons. The van der Waals surface area contributed by atoms with Crippen molar-refractivity contribution in [2.24, 2.45) is 0 Å². The Balaban J connectivity index is 2.08. The van der Waals surface area contributed by atoms with Gasteiger partial charge in [-0.3, -0.25) is 0 Å². The summed E-state index contributed by atoms with van der Waals surface area (Å²) in [4.78, 5) is 11.7. The van der Waals surface area contributed by atoms with Gasteiger partial charge < -0.3 is 4.90 Å². The van der Waals surface area contributed by atoms with Gasteiger partial charge in [0.15, 0.2) is 0 Å². The fourth-order valence-corrected chi connectivity index (χ4v) is 3.03. The molecule has 0 aliphatic rings. The monoisotopic (exact) mass is 333 g/mol. The maximum absolute atomic E-state index is 6.39. The molecule has 0 N–H and O–H groups in total. The van der Waals surface area contributed by atoms with Gasteiger partial charge in [-0.05, 0) is 24.0 Å². The second kappa shape index (κ2) is 6.14. The lowest BCUT2D eigenvalue weighted by molar-refractivity contribution is 0.875. The Hall–Kier alpha value is -1.79. The van der Waals surface area contributed by atoms with E-state index >= 15 is 0 Å². The summed E-state index contributed by atoms with van der Waals surface area (Å²) in [6.07, 6.45) is 4.26. The molecule has 0 bridgehead atoms. The largest absolute Gasteiger partial charge is 0.362 e. The molecule has 3 aromatic rings. The molecule has 0 spiro atoms. The number of rotatable bonds is 4. The third-order valence-corrected chi connectivity index (χ3v) is 4.47. The van der Waals surface area contributed by atoms with Crippen LogP contribution in [0.25, 0.3) is 5.78 Å². The number of thioether (sulfide) groups is 1. The number of hydrogen-bond acceptors (Lipinski definition) is 5. The SMILES string of the molecule is CSc1ccc(Cc2c(Cl)nc3ncnn3c2N(C)C)cc1. The molecule has 0 saturated heterocycles. The molecule has 2 heterocycles. The molecular weight excluding hydrogens is 318 g/mol. The van der Waals surface area contributed by atoms with E-state index in [-0.39, 0.29) is 0 Å². The first kappa shape index (κ1) is 15.1. The summed E-state index contributed by atoms with van der Waals surface area (Å²) in [7, 11) is 3.93. The number of aromatic nitrogens is 4. The normalized spacial score (nSPS) is 11.1. The molecule has 0 unspecified atom stereocenters. The fraction of sp³-hybridized carbons (Fsp3) is 0.267. The molecule has 3 rings (SSSR count). The summed E-state index contributed by atoms with van der Waals surface area (Å²) in [5.74, 6) is 1.41. The number of halogens is 1. The van der Waals surface area contributed by atoms with Crippen molar-refractivity contribution in [2.75, 3.05) is 25.3 Å². The first-order chi connectivity index (χ1) is 10.6. The van der Waals surface area contributed by atoms with Gasteiger partial charge in [0.05, 0.1) is 0 Å². The predicted octanol–water partition coefficient (Wildman–Crippen LogP) is 3.16. The second-order valence-corrected chi connectivity index (χ2v) is 6.33. The van der Waals surface area contributed by atoms with Crippen molar-refractivity contribution in [1.29, 1.82) is 0 Å². The van der Waals surface area contributed by atoms with E-state index in [4.69, 9.17) is 11.6 Å². The van der Waals surface area contributed by atoms with Gasteiger partial charge in [-0.2, -0.15) is 19.6 Å². The molecule has 2 aromatic heterocycles. The van der Waals surface area contributed by atoms with E-state index in [1.165, 1.54) is 16.8 Å². The molecule has 7 heteroatoms. The summed E-state index contributed by atoms with van der Waals surface area (Å²) >= 11 is 8.12. The Kier molecular flexibility index (Phi) is 4.22. The Morgan fingerprint density at radius 2 is 1.95 bits per heavy atom. The molecule has 0 saturated carbocycles. The molecule has 1 aromatic carbocycles. The third kappa shape index (κ3) is 2.76. The van der Waals surface area contributed by atoms with Crippen LogP contribution in [0.15, 0.2) is 35.5 Å². The van der Waals surface area contributed by atoms with Gasteiger partial charge in [0, 0.05) is 31.0 Å². The molecule has 0 aliphatic heterocycles. The Bertz CT molecular complexity index is 798. The van der Waals surface area contributed by atoms with Gasteiger partial charge in [-0.15, -0.1) is 11.8 Å². The van der Waals surface area contributed by atoms with Crippen molar-refractivity contribution in [2.45, 2.75) is 11.3 Å². The van der Waals surface area contributed by atoms with Gasteiger partial charge in [0.2, 0.25) is 0 Å². The quantitative estimate of drug-likeness (QED) is 0.542. The zero-order chi connectivity index (χ0) is 15.7. The molecule has 22 heavy (non-hydrogen) atoms. The summed E-state index contributed by atoms with van der Waals surface area (Å²) in [5, 5.41) is 4.72. The maximum atomic E-state index is 6.39. The minimum atomic E-state index is 0.471. The number of fused-ring (bicyclic) bond motifs is 1. The van der Waals surface area contributed by atoms with E-state index in [1.54, 1.807) is 16.3 Å². The number of hydrogen-bond donors (Lipinski definition) is 0. The van der Waals surface area contributed by atoms with Crippen LogP contribution in [0.2, 0.25) is 5.15 Å². The molecular formula is C15H16ClN5S. The van der Waals surface area contributed by atoms with Crippen LogP contribution in [0.3, 0.4) is 0 Å². The van der Waals surface area contributed by atoms with Gasteiger partial charge in [0.25, 0.3) is 5.78 Å². The predicted molar refractivity (Wildman–Crippen MR) is 91.1 cm³/mol. The zero-order valence-electron chi connectivity index (χ0n) is 12.6. The van der Waals surface area contributed by atoms with E-state index in [9.17, 15) is 0 Å². The topological polar surface area (TPSA) is 46.3 Å². The third-order valence-electron chi connectivity index (χ3n) is 3.41. The summed E-state index contributed by atoms with van der Waals surface area (Å²) in [6, 6.07) is 8.47. The van der Waals surface area contributed by atoms with Crippen LogP contribution in [-0.4, -0.2) is 39.9 Å². The van der Waals surface area contributed by atoms with Crippen LogP contribution in [0.5, 0.6) is 0 Å². The minimum absolute atomic E-state index is 0.471. The van der Waals surface area contributed by atoms with Crippen molar-refractivity contribution in [3.05, 3.63) is 46.9 Å². The van der Waals surface area contributed by atoms with Gasteiger partial charge in [-0.25, -0.2) is 0 Å². The lowest BCUT2D eigenvalue weighted by atomic mass is 10.1. The zero-order valence-corrected chi connectivity index (χ0v) is 14.2. The van der Waals surface area contributed by atoms with Crippen LogP contribution in [0.1, 0.15) is 11.1 Å². The molecule has 114 valence electrons. The van der Waals surface area contributed by atoms with Crippen LogP contribution < -0.4 is 4.90 Å². The van der Waals surface area contributed by atoms with Crippen molar-refractivity contribution >= 4 is 35.0 Å². The molecule has 0 amide bonds. The minimum Gasteiger partial charge on any atom is -0.362 e. The highest BCUT2D eigenvalue weighted by molar-refractivity contribution is 7.98. The van der Waals surface area contributed by atoms with E-state index in [0.717, 1.165) is 11.4 Å². The summed E-state index contributed by atoms with van der Waals surface area (Å²) < 4.78 is 1.72. The average molecular weight is 334 g/mol. The second-order valence-electron chi connectivity index (χ2n) is 5.10. The van der Waals surface area contributed by atoms with Crippen LogP contribution in [-0.2, 0) is 6.42 Å². The highest BCUT2D eigenvalue weighted by Gasteiger charge is 2.17. The van der Waals surface area contributed by atoms with Crippen LogP contribution in [0, 0.1) is 0 Å². The highest BCUT2D eigenvalue weighted by atomic mass is 35.5. The van der Waals surface area contributed by atoms with Gasteiger partial charge >= 0.3 is 0 Å². The van der Waals surface area contributed by atoms with Gasteiger partial charge in [0.1, 0.15) is 17.3 Å². The number of benzene rings is 1. The van der Waals surface area contributed by atoms with Crippen molar-refractivity contribution in [3.63, 3.8) is 0 Å². The van der Waals surface area contributed by atoms with E-state index in [2.05, 4.69) is 45.6 Å². The number of nitrogens with zero attached hydrogens (tertiary/aromatic N) is 5. The average Bonchev–Trinajstić information content (AvgIpc) is 2.95. The first-order valence-electron chi connectivity index (χ1n) is 6.78. The van der Waals surface area contributed by atoms with E-state index in [1.807, 2.05) is 19.0 Å². The standard InChI is InChI=1S/C15H16ClN5S/c1-20(2)14-12(8-10-4-6-11(22-3)7-5-10)13(16)19-15-17-9-18-21(14)15/h4-7,9H,8H2,1-3H3. The van der Waals surface area contributed by atoms with Gasteiger partial charge in [-0.1, -0.05) is 23.7 Å². The molecule has 0 atom stereocenters. The van der Waals surface area contributed by atoms with Crippen molar-refractivity contribution < 1.29 is 0 Å². The highest BCUT2D eigenvalue weighted by Crippen LogP contribution is 2.28. The molecule has 5 nitrogen and oxygen atoms in total. The number of anilines is 1. The Morgan fingerprint density at radius 1 is 1.23 bits per heavy atom. The summed E-state index contributed by atoms with van der Waals surface area (Å²) in [5.41, 5.74) is 2.13. The van der Waals surface area contributed by atoms with E-state index in [0.29, 0.717) is 17.4 Å². The lowest BCUT2D eigenvalue weighted by Crippen LogP contribution is -2.18. The van der Waals surface area contributed by atoms with Crippen molar-refractivity contribution in [1.82, 2.24) is 19.6 Å². The van der Waals surface area contributed by atoms with E-state index < -0.39 is 0 Å². The Morgan fingerprint density at radius 3 is 2.59 bits per heavy atom. The summed E-state index contributed by atoms with van der Waals surface area (Å²) in [6.45, 7) is 0.